The van der Waals surface area contributed by atoms with E-state index in [2.05, 4.69) is 31.3 Å². The molecule has 0 saturated heterocycles. The highest BCUT2D eigenvalue weighted by atomic mass is 31.2. The first-order chi connectivity index (χ1) is 34.4. The van der Waals surface area contributed by atoms with Crippen molar-refractivity contribution in [3.63, 3.8) is 0 Å². The van der Waals surface area contributed by atoms with E-state index in [1.54, 1.807) is 0 Å². The predicted octanol–water partition coefficient (Wildman–Crippen LogP) is 17.3. The van der Waals surface area contributed by atoms with E-state index >= 15 is 0 Å². The fourth-order valence-electron chi connectivity index (χ4n) is 9.67. The number of carbonyl (C=O) groups excluding carboxylic acids is 1. The second-order valence-corrected chi connectivity index (χ2v) is 24.3. The van der Waals surface area contributed by atoms with Crippen molar-refractivity contribution in [2.45, 2.75) is 334 Å². The Labute approximate surface area is 442 Å². The summed E-state index contributed by atoms with van der Waals surface area (Å²) in [4.78, 5) is 25.5. The van der Waals surface area contributed by atoms with Crippen molar-refractivity contribution in [1.29, 1.82) is 0 Å². The Morgan fingerprint density at radius 1 is 0.493 bits per heavy atom. The van der Waals surface area contributed by atoms with E-state index in [9.17, 15) is 24.5 Å². The van der Waals surface area contributed by atoms with E-state index in [1.165, 1.54) is 250 Å². The van der Waals surface area contributed by atoms with Crippen molar-refractivity contribution in [1.82, 2.24) is 5.32 Å². The van der Waals surface area contributed by atoms with Gasteiger partial charge in [-0.15, -0.1) is 0 Å². The van der Waals surface area contributed by atoms with Gasteiger partial charge in [-0.05, 0) is 38.5 Å². The second kappa shape index (κ2) is 52.6. The van der Waals surface area contributed by atoms with Crippen LogP contribution in [0.25, 0.3) is 0 Å². The van der Waals surface area contributed by atoms with Crippen molar-refractivity contribution in [2.24, 2.45) is 0 Å². The number of hydrogen-bond donors (Lipinski definition) is 3. The van der Waals surface area contributed by atoms with Gasteiger partial charge in [-0.3, -0.25) is 9.36 Å². The van der Waals surface area contributed by atoms with Crippen LogP contribution in [-0.2, 0) is 18.4 Å². The van der Waals surface area contributed by atoms with Gasteiger partial charge in [0.25, 0.3) is 7.82 Å². The minimum absolute atomic E-state index is 0.0374. The fraction of sp³-hybridized carbons (Fsp3) is 0.951. The number of nitrogens with zero attached hydrogens (tertiary/aromatic N) is 1. The number of rotatable bonds is 58. The average Bonchev–Trinajstić information content (AvgIpc) is 3.33. The molecule has 0 heterocycles. The topological polar surface area (TPSA) is 128 Å². The number of carbonyl (C=O) groups is 1. The number of quaternary nitrogens is 1. The number of likely N-dealkylation sites (N-methyl/N-ethyl adjacent to an activating group) is 1. The fourth-order valence-corrected chi connectivity index (χ4v) is 10.4. The Morgan fingerprint density at radius 2 is 0.803 bits per heavy atom. The van der Waals surface area contributed by atoms with Crippen molar-refractivity contribution >= 4 is 13.7 Å². The van der Waals surface area contributed by atoms with Gasteiger partial charge in [0.2, 0.25) is 5.91 Å². The van der Waals surface area contributed by atoms with Crippen LogP contribution in [0.4, 0.5) is 0 Å². The Kier molecular flexibility index (Phi) is 52.0. The normalized spacial score (nSPS) is 14.3. The third-order valence-corrected chi connectivity index (χ3v) is 15.6. The number of amides is 1. The molecule has 0 aliphatic heterocycles. The zero-order chi connectivity index (χ0) is 52.2. The molecule has 4 atom stereocenters. The minimum Gasteiger partial charge on any atom is -0.756 e. The van der Waals surface area contributed by atoms with Gasteiger partial charge in [0.1, 0.15) is 19.3 Å². The average molecular weight is 1030 g/mol. The smallest absolute Gasteiger partial charge is 0.268 e. The van der Waals surface area contributed by atoms with Gasteiger partial charge >= 0.3 is 0 Å². The Morgan fingerprint density at radius 3 is 1.14 bits per heavy atom. The molecule has 1 amide bonds. The highest BCUT2D eigenvalue weighted by Crippen LogP contribution is 2.38. The number of unbranched alkanes of at least 4 members (excludes halogenated alkanes) is 42. The summed E-state index contributed by atoms with van der Waals surface area (Å²) in [6.07, 6.45) is 61.6. The number of hydrogen-bond acceptors (Lipinski definition) is 7. The van der Waals surface area contributed by atoms with Crippen molar-refractivity contribution in [3.8, 4) is 0 Å². The lowest BCUT2D eigenvalue weighted by Crippen LogP contribution is -2.51. The molecule has 0 aromatic carbocycles. The maximum absolute atomic E-state index is 13.0. The van der Waals surface area contributed by atoms with E-state index in [4.69, 9.17) is 9.05 Å². The lowest BCUT2D eigenvalue weighted by Gasteiger charge is -2.31. The predicted molar refractivity (Wildman–Crippen MR) is 304 cm³/mol. The molecule has 0 aromatic rings. The highest BCUT2D eigenvalue weighted by Gasteiger charge is 2.29. The largest absolute Gasteiger partial charge is 0.756 e. The molecule has 3 N–H and O–H groups in total. The van der Waals surface area contributed by atoms with Gasteiger partial charge in [0, 0.05) is 6.42 Å². The molecule has 0 fully saturated rings. The van der Waals surface area contributed by atoms with E-state index in [-0.39, 0.29) is 18.9 Å². The SMILES string of the molecule is CCCCCCCCCC/C=C\CCCCCCCCCCCCCCCCCCCCCCCCCC(=O)NC(COP(=O)([O-])OCC[N+](C)(C)C)C(O)C(O)CCCCCCCCCCCCCC. The van der Waals surface area contributed by atoms with Crippen LogP contribution in [-0.4, -0.2) is 79.8 Å². The Hall–Kier alpha value is -0.800. The molecular weight excluding hydrogens is 904 g/mol. The third kappa shape index (κ3) is 53.8. The maximum atomic E-state index is 13.0. The molecule has 0 saturated carbocycles. The molecule has 9 nitrogen and oxygen atoms in total. The zero-order valence-electron chi connectivity index (χ0n) is 48.1. The summed E-state index contributed by atoms with van der Waals surface area (Å²) in [6, 6.07) is -1.07. The van der Waals surface area contributed by atoms with Crippen LogP contribution in [0.3, 0.4) is 0 Å². The minimum atomic E-state index is -4.67. The van der Waals surface area contributed by atoms with Crippen LogP contribution in [0, 0.1) is 0 Å². The Bertz CT molecular complexity index is 1180. The zero-order valence-corrected chi connectivity index (χ0v) is 49.0. The summed E-state index contributed by atoms with van der Waals surface area (Å²) < 4.78 is 23.3. The molecule has 0 bridgehead atoms. The van der Waals surface area contributed by atoms with Gasteiger partial charge in [-0.1, -0.05) is 283 Å². The Balaban J connectivity index is 3.96. The number of allylic oxidation sites excluding steroid dienone is 2. The summed E-state index contributed by atoms with van der Waals surface area (Å²) in [6.45, 7) is 4.48. The summed E-state index contributed by atoms with van der Waals surface area (Å²) >= 11 is 0. The molecule has 71 heavy (non-hydrogen) atoms. The quantitative estimate of drug-likeness (QED) is 0.0240. The summed E-state index contributed by atoms with van der Waals surface area (Å²) in [5, 5.41) is 24.8. The van der Waals surface area contributed by atoms with Crippen LogP contribution < -0.4 is 10.2 Å². The first-order valence-electron chi connectivity index (χ1n) is 31.1. The molecule has 424 valence electrons. The van der Waals surface area contributed by atoms with Crippen LogP contribution in [0.15, 0.2) is 12.2 Å². The number of phosphoric ester groups is 1. The molecule has 0 rings (SSSR count). The first kappa shape index (κ1) is 70.2. The van der Waals surface area contributed by atoms with E-state index in [1.807, 2.05) is 21.1 Å². The second-order valence-electron chi connectivity index (χ2n) is 22.9. The lowest BCUT2D eigenvalue weighted by molar-refractivity contribution is -0.870. The number of nitrogens with one attached hydrogen (secondary N) is 1. The molecule has 0 radical (unpaired) electrons. The van der Waals surface area contributed by atoms with Crippen molar-refractivity contribution < 1.29 is 38.0 Å². The molecule has 10 heteroatoms. The summed E-state index contributed by atoms with van der Waals surface area (Å²) in [7, 11) is 1.14. The highest BCUT2D eigenvalue weighted by molar-refractivity contribution is 7.45. The van der Waals surface area contributed by atoms with E-state index in [0.29, 0.717) is 17.4 Å². The van der Waals surface area contributed by atoms with Crippen LogP contribution in [0.2, 0.25) is 0 Å². The third-order valence-electron chi connectivity index (χ3n) is 14.6. The summed E-state index contributed by atoms with van der Waals surface area (Å²) in [5.41, 5.74) is 0. The van der Waals surface area contributed by atoms with Crippen LogP contribution in [0.5, 0.6) is 0 Å². The van der Waals surface area contributed by atoms with Gasteiger partial charge in [-0.25, -0.2) is 0 Å². The van der Waals surface area contributed by atoms with Gasteiger partial charge < -0.3 is 34.0 Å². The van der Waals surface area contributed by atoms with Crippen molar-refractivity contribution in [3.05, 3.63) is 12.2 Å². The van der Waals surface area contributed by atoms with Crippen LogP contribution >= 0.6 is 7.82 Å². The van der Waals surface area contributed by atoms with Gasteiger partial charge in [0.05, 0.1) is 39.9 Å². The number of aliphatic hydroxyl groups is 2. The standard InChI is InChI=1S/C61H123N2O7P/c1-6-8-10-12-14-16-18-20-21-22-23-24-25-26-27-28-29-30-31-32-33-34-35-36-37-38-39-40-41-42-44-46-48-50-52-54-60(65)62-58(57-70-71(67,68)69-56-55-63(3,4)5)61(66)59(64)53-51-49-47-45-43-19-17-15-13-11-9-7-2/h22-23,58-59,61,64,66H,6-21,24-57H2,1-5H3,(H-,62,65,67,68)/b23-22-. The first-order valence-corrected chi connectivity index (χ1v) is 32.6. The molecule has 0 aromatic heterocycles. The molecule has 4 unspecified atom stereocenters. The molecular formula is C61H123N2O7P. The number of phosphoric acid groups is 1. The molecule has 0 spiro atoms. The number of aliphatic hydroxyl groups excluding tert-OH is 2. The van der Waals surface area contributed by atoms with Gasteiger partial charge in [0.15, 0.2) is 0 Å². The van der Waals surface area contributed by atoms with Crippen LogP contribution in [0.1, 0.15) is 316 Å². The van der Waals surface area contributed by atoms with Gasteiger partial charge in [-0.2, -0.15) is 0 Å². The molecule has 0 aliphatic carbocycles. The van der Waals surface area contributed by atoms with E-state index in [0.717, 1.165) is 38.5 Å². The maximum Gasteiger partial charge on any atom is 0.268 e. The molecule has 0 aliphatic rings. The lowest BCUT2D eigenvalue weighted by atomic mass is 9.99. The monoisotopic (exact) mass is 1030 g/mol. The summed E-state index contributed by atoms with van der Waals surface area (Å²) in [5.74, 6) is -0.272. The van der Waals surface area contributed by atoms with E-state index < -0.39 is 32.7 Å². The van der Waals surface area contributed by atoms with Crippen molar-refractivity contribution in [2.75, 3.05) is 40.9 Å².